The summed E-state index contributed by atoms with van der Waals surface area (Å²) in [4.78, 5) is 76.0. The van der Waals surface area contributed by atoms with Gasteiger partial charge in [0.05, 0.1) is 32.7 Å². The number of ether oxygens (including phenoxy) is 3. The van der Waals surface area contributed by atoms with Crippen molar-refractivity contribution in [1.82, 2.24) is 9.80 Å². The molecule has 2 aliphatic heterocycles. The summed E-state index contributed by atoms with van der Waals surface area (Å²) in [6.45, 7) is 6.20. The number of rotatable bonds is 14. The number of benzene rings is 4. The summed E-state index contributed by atoms with van der Waals surface area (Å²) in [5, 5.41) is 11.7. The Morgan fingerprint density at radius 1 is 0.766 bits per heavy atom. The molecule has 1 fully saturated rings. The molecule has 7 rings (SSSR count). The van der Waals surface area contributed by atoms with Crippen molar-refractivity contribution in [3.8, 4) is 11.5 Å². The van der Waals surface area contributed by atoms with E-state index in [1.54, 1.807) is 56.0 Å². The topological polar surface area (TPSA) is 186 Å². The van der Waals surface area contributed by atoms with Crippen molar-refractivity contribution in [2.45, 2.75) is 108 Å². The zero-order valence-electron chi connectivity index (χ0n) is 36.8. The first-order valence-electron chi connectivity index (χ1n) is 20.5. The number of amides is 3. The maximum Gasteiger partial charge on any atom is 1.00 e. The molecule has 4 aromatic rings. The van der Waals surface area contributed by atoms with Gasteiger partial charge in [-0.15, -0.1) is 5.60 Å². The molecule has 1 saturated carbocycles. The average Bonchev–Trinajstić information content (AvgIpc) is 3.78. The average molecular weight is 1030 g/mol. The first-order chi connectivity index (χ1) is 30.0. The van der Waals surface area contributed by atoms with Crippen LogP contribution >= 0.6 is 31.9 Å². The molecule has 13 nitrogen and oxygen atoms in total. The molecular weight excluding hydrogens is 977 g/mol. The van der Waals surface area contributed by atoms with E-state index in [1.807, 2.05) is 54.6 Å². The molecule has 0 aromatic heterocycles. The van der Waals surface area contributed by atoms with Gasteiger partial charge in [0.15, 0.2) is 5.78 Å². The molecule has 64 heavy (non-hydrogen) atoms. The van der Waals surface area contributed by atoms with Crippen LogP contribution in [0, 0.1) is 0 Å². The number of fused-ring (bicyclic) bond motifs is 2. The number of nitrogens with zero attached hydrogens (tertiary/aromatic N) is 2. The number of halogens is 2. The standard InChI is InChI=1S/C22H23BrN2O5.C22H20BrNO4.C4H9O.K/c1-29-20(26)10-9-18(21(24)27)25-12-17-16(22(25)28)3-2-4-19(17)30-13-15-7-5-14(11-23)6-8-15;23-11-14-4-6-15(7-5-14)13-28-21-3-1-2-17-18(21)12-24(22(17)27)19-9-8-16(25)10-20(19)26;1-4(2,3)5;/h2-8,18H,9-13H2,1H3,(H2,24,27);1-7,19H,8-13H2;1-3H3;/q;;-1;+1. The fraction of sp³-hybridized carbons (Fsp3) is 0.375. The van der Waals surface area contributed by atoms with E-state index in [9.17, 15) is 33.9 Å². The number of nitrogens with two attached hydrogens (primary N) is 1. The van der Waals surface area contributed by atoms with Crippen LogP contribution in [0.4, 0.5) is 0 Å². The van der Waals surface area contributed by atoms with Gasteiger partial charge in [0.25, 0.3) is 11.8 Å². The Morgan fingerprint density at radius 2 is 1.23 bits per heavy atom. The molecule has 2 N–H and O–H groups in total. The number of esters is 1. The van der Waals surface area contributed by atoms with Crippen molar-refractivity contribution in [1.29, 1.82) is 0 Å². The predicted octanol–water partition coefficient (Wildman–Crippen LogP) is 3.88. The molecule has 2 heterocycles. The first-order valence-corrected chi connectivity index (χ1v) is 22.7. The Hall–Kier alpha value is -3.74. The quantitative estimate of drug-likeness (QED) is 0.0842. The van der Waals surface area contributed by atoms with E-state index >= 15 is 0 Å². The molecule has 4 aromatic carbocycles. The van der Waals surface area contributed by atoms with E-state index in [2.05, 4.69) is 36.6 Å². The van der Waals surface area contributed by atoms with E-state index in [4.69, 9.17) is 15.2 Å². The number of Topliss-reactive ketones (excluding diaryl/α,β-unsaturated/α-hetero) is 2. The van der Waals surface area contributed by atoms with Crippen LogP contribution in [-0.2, 0) is 60.9 Å². The Balaban J connectivity index is 0.000000251. The molecule has 2 unspecified atom stereocenters. The molecule has 3 aliphatic rings. The minimum atomic E-state index is -0.895. The van der Waals surface area contributed by atoms with E-state index in [0.717, 1.165) is 27.4 Å². The van der Waals surface area contributed by atoms with Crippen LogP contribution in [0.1, 0.15) is 107 Å². The maximum atomic E-state index is 12.9. The number of carbonyl (C=O) groups excluding carboxylic acids is 6. The van der Waals surface area contributed by atoms with Crippen molar-refractivity contribution >= 4 is 67.1 Å². The third kappa shape index (κ3) is 14.6. The minimum absolute atomic E-state index is 0. The summed E-state index contributed by atoms with van der Waals surface area (Å²) >= 11 is 6.85. The van der Waals surface area contributed by atoms with E-state index in [-0.39, 0.29) is 101 Å². The number of primary amides is 1. The zero-order chi connectivity index (χ0) is 45.8. The Labute approximate surface area is 433 Å². The van der Waals surface area contributed by atoms with Crippen LogP contribution in [0.15, 0.2) is 84.9 Å². The zero-order valence-corrected chi connectivity index (χ0v) is 43.1. The van der Waals surface area contributed by atoms with Gasteiger partial charge >= 0.3 is 57.4 Å². The second kappa shape index (κ2) is 24.7. The second-order valence-electron chi connectivity index (χ2n) is 16.3. The summed E-state index contributed by atoms with van der Waals surface area (Å²) < 4.78 is 16.6. The normalized spacial score (nSPS) is 15.7. The Morgan fingerprint density at radius 3 is 1.69 bits per heavy atom. The van der Waals surface area contributed by atoms with Crippen molar-refractivity contribution in [2.24, 2.45) is 5.73 Å². The van der Waals surface area contributed by atoms with Gasteiger partial charge in [0.2, 0.25) is 5.91 Å². The van der Waals surface area contributed by atoms with Gasteiger partial charge in [-0.1, -0.05) is 113 Å². The maximum absolute atomic E-state index is 12.9. The molecule has 0 radical (unpaired) electrons. The largest absolute Gasteiger partial charge is 1.00 e. The fourth-order valence-corrected chi connectivity index (χ4v) is 7.94. The summed E-state index contributed by atoms with van der Waals surface area (Å²) in [6.07, 6.45) is 0.798. The third-order valence-corrected chi connectivity index (χ3v) is 11.7. The smallest absolute Gasteiger partial charge is 0.850 e. The summed E-state index contributed by atoms with van der Waals surface area (Å²) in [6, 6.07) is 25.4. The van der Waals surface area contributed by atoms with E-state index in [0.29, 0.717) is 60.8 Å². The fourth-order valence-electron chi connectivity index (χ4n) is 7.19. The van der Waals surface area contributed by atoms with Crippen LogP contribution in [0.2, 0.25) is 0 Å². The van der Waals surface area contributed by atoms with Crippen LogP contribution in [0.3, 0.4) is 0 Å². The number of hydrogen-bond donors (Lipinski definition) is 1. The second-order valence-corrected chi connectivity index (χ2v) is 17.4. The van der Waals surface area contributed by atoms with E-state index < -0.39 is 29.6 Å². The molecule has 1 aliphatic carbocycles. The van der Waals surface area contributed by atoms with Crippen molar-refractivity contribution in [3.63, 3.8) is 0 Å². The van der Waals surface area contributed by atoms with Gasteiger partial charge in [-0.25, -0.2) is 0 Å². The Kier molecular flexibility index (Phi) is 20.4. The molecule has 3 amide bonds. The molecule has 16 heteroatoms. The van der Waals surface area contributed by atoms with Crippen LogP contribution in [0.5, 0.6) is 11.5 Å². The van der Waals surface area contributed by atoms with Gasteiger partial charge < -0.3 is 34.9 Å². The summed E-state index contributed by atoms with van der Waals surface area (Å²) in [5.74, 6) is -0.524. The first kappa shape index (κ1) is 52.9. The van der Waals surface area contributed by atoms with Gasteiger partial charge in [-0.2, -0.15) is 0 Å². The number of carbonyl (C=O) groups is 6. The summed E-state index contributed by atoms with van der Waals surface area (Å²) in [5.41, 5.74) is 11.8. The molecule has 0 spiro atoms. The molecule has 2 atom stereocenters. The van der Waals surface area contributed by atoms with Gasteiger partial charge in [0, 0.05) is 45.8 Å². The molecule has 334 valence electrons. The Bertz CT molecular complexity index is 2290. The van der Waals surface area contributed by atoms with Crippen molar-refractivity contribution < 1.29 is 99.5 Å². The summed E-state index contributed by atoms with van der Waals surface area (Å²) in [7, 11) is 1.27. The molecule has 0 saturated heterocycles. The SMILES string of the molecule is CC(C)(C)[O-].COC(=O)CCC(C(N)=O)N1Cc2c(OCc3ccc(CBr)cc3)cccc2C1=O.O=C1CCC(N2Cc3c(OCc4ccc(CBr)cc4)cccc3C2=O)C(=O)C1.[K+]. The predicted molar refractivity (Wildman–Crippen MR) is 241 cm³/mol. The third-order valence-electron chi connectivity index (χ3n) is 10.4. The number of ketones is 2. The number of hydrogen-bond acceptors (Lipinski definition) is 10. The van der Waals surface area contributed by atoms with Crippen LogP contribution in [-0.4, -0.2) is 69.9 Å². The van der Waals surface area contributed by atoms with Crippen molar-refractivity contribution in [2.75, 3.05) is 7.11 Å². The number of methoxy groups -OCH3 is 1. The molecule has 0 bridgehead atoms. The van der Waals surface area contributed by atoms with Gasteiger partial charge in [-0.3, -0.25) is 28.8 Å². The molecular formula is C48H52Br2KN3O10. The monoisotopic (exact) mass is 1030 g/mol. The van der Waals surface area contributed by atoms with Crippen molar-refractivity contribution in [3.05, 3.63) is 129 Å². The van der Waals surface area contributed by atoms with Gasteiger partial charge in [0.1, 0.15) is 36.5 Å². The van der Waals surface area contributed by atoms with E-state index in [1.165, 1.54) is 23.1 Å². The van der Waals surface area contributed by atoms with Gasteiger partial charge in [-0.05, 0) is 59.4 Å². The number of alkyl halides is 2. The van der Waals surface area contributed by atoms with Crippen LogP contribution in [0.25, 0.3) is 0 Å². The van der Waals surface area contributed by atoms with Crippen LogP contribution < -0.4 is 71.7 Å². The minimum Gasteiger partial charge on any atom is -0.850 e.